The molecule has 0 fully saturated rings. The number of nitrogen functional groups attached to an aromatic ring is 1. The number of aromatic nitrogens is 1. The molecule has 2 N–H and O–H groups in total. The van der Waals surface area contributed by atoms with Crippen molar-refractivity contribution in [2.24, 2.45) is 0 Å². The van der Waals surface area contributed by atoms with E-state index < -0.39 is 12.0 Å². The Morgan fingerprint density at radius 3 is 2.71 bits per heavy atom. The molecule has 0 aliphatic rings. The first kappa shape index (κ1) is 10.4. The summed E-state index contributed by atoms with van der Waals surface area (Å²) in [5.41, 5.74) is 4.60. The molecular formula is C8H8F2N2O2. The van der Waals surface area contributed by atoms with Crippen LogP contribution in [0.3, 0.4) is 0 Å². The second-order valence-corrected chi connectivity index (χ2v) is 2.46. The lowest BCUT2D eigenvalue weighted by Gasteiger charge is -2.09. The molecular weight excluding hydrogens is 194 g/mol. The summed E-state index contributed by atoms with van der Waals surface area (Å²) >= 11 is 0. The lowest BCUT2D eigenvalue weighted by Crippen LogP contribution is -2.04. The van der Waals surface area contributed by atoms with Crippen LogP contribution in [-0.4, -0.2) is 18.4 Å². The van der Waals surface area contributed by atoms with Gasteiger partial charge in [-0.3, -0.25) is 4.79 Å². The minimum absolute atomic E-state index is 0.0843. The number of nitrogens with two attached hydrogens (primary N) is 1. The number of carbonyl (C=O) groups is 1. The Hall–Kier alpha value is -1.72. The smallest absolute Gasteiger partial charge is 0.266 e. The standard InChI is InChI=1S/C8H8F2N2O2/c1-14-6-5(3-13)4(7(9)10)2-12-8(6)11/h2-3,7H,1H3,(H2,11,12). The Labute approximate surface area is 78.7 Å². The molecule has 0 amide bonds. The number of nitrogens with zero attached hydrogens (tertiary/aromatic N) is 1. The van der Waals surface area contributed by atoms with Gasteiger partial charge in [-0.05, 0) is 0 Å². The first-order valence-corrected chi connectivity index (χ1v) is 3.67. The quantitative estimate of drug-likeness (QED) is 0.753. The van der Waals surface area contributed by atoms with E-state index in [1.54, 1.807) is 0 Å². The van der Waals surface area contributed by atoms with Crippen LogP contribution in [0.1, 0.15) is 22.3 Å². The molecule has 76 valence electrons. The third-order valence-electron chi connectivity index (χ3n) is 1.69. The fourth-order valence-electron chi connectivity index (χ4n) is 1.05. The number of carbonyl (C=O) groups excluding carboxylic acids is 1. The number of halogens is 2. The average Bonchev–Trinajstić information content (AvgIpc) is 2.16. The monoisotopic (exact) mass is 202 g/mol. The van der Waals surface area contributed by atoms with Gasteiger partial charge in [-0.25, -0.2) is 13.8 Å². The van der Waals surface area contributed by atoms with Crippen LogP contribution in [0.15, 0.2) is 6.20 Å². The van der Waals surface area contributed by atoms with Crippen molar-refractivity contribution in [2.45, 2.75) is 6.43 Å². The number of hydrogen-bond acceptors (Lipinski definition) is 4. The van der Waals surface area contributed by atoms with Gasteiger partial charge in [0.2, 0.25) is 0 Å². The van der Waals surface area contributed by atoms with E-state index in [0.717, 1.165) is 6.20 Å². The molecule has 1 aromatic rings. The molecule has 0 aliphatic carbocycles. The summed E-state index contributed by atoms with van der Waals surface area (Å²) in [6, 6.07) is 0. The molecule has 0 atom stereocenters. The predicted octanol–water partition coefficient (Wildman–Crippen LogP) is 1.42. The molecule has 0 spiro atoms. The van der Waals surface area contributed by atoms with Crippen molar-refractivity contribution in [1.29, 1.82) is 0 Å². The van der Waals surface area contributed by atoms with Crippen molar-refractivity contribution in [3.63, 3.8) is 0 Å². The second-order valence-electron chi connectivity index (χ2n) is 2.46. The van der Waals surface area contributed by atoms with Gasteiger partial charge in [0, 0.05) is 6.20 Å². The van der Waals surface area contributed by atoms with Crippen LogP contribution < -0.4 is 10.5 Å². The fraction of sp³-hybridized carbons (Fsp3) is 0.250. The number of hydrogen-bond donors (Lipinski definition) is 1. The fourth-order valence-corrected chi connectivity index (χ4v) is 1.05. The molecule has 0 aliphatic heterocycles. The summed E-state index contributed by atoms with van der Waals surface area (Å²) < 4.78 is 29.4. The Morgan fingerprint density at radius 2 is 2.29 bits per heavy atom. The highest BCUT2D eigenvalue weighted by atomic mass is 19.3. The third-order valence-corrected chi connectivity index (χ3v) is 1.69. The van der Waals surface area contributed by atoms with Crippen LogP contribution >= 0.6 is 0 Å². The normalized spacial score (nSPS) is 10.3. The third kappa shape index (κ3) is 1.63. The predicted molar refractivity (Wildman–Crippen MR) is 45.5 cm³/mol. The van der Waals surface area contributed by atoms with Gasteiger partial charge in [-0.15, -0.1) is 0 Å². The van der Waals surface area contributed by atoms with Gasteiger partial charge in [0.25, 0.3) is 6.43 Å². The van der Waals surface area contributed by atoms with Crippen LogP contribution in [0.2, 0.25) is 0 Å². The van der Waals surface area contributed by atoms with Crippen LogP contribution in [0.25, 0.3) is 0 Å². The topological polar surface area (TPSA) is 65.2 Å². The number of aldehydes is 1. The molecule has 0 bridgehead atoms. The number of rotatable bonds is 3. The molecule has 1 aromatic heterocycles. The van der Waals surface area contributed by atoms with Gasteiger partial charge < -0.3 is 10.5 Å². The van der Waals surface area contributed by atoms with Crippen molar-refractivity contribution >= 4 is 12.1 Å². The van der Waals surface area contributed by atoms with Crippen molar-refractivity contribution < 1.29 is 18.3 Å². The van der Waals surface area contributed by atoms with E-state index in [2.05, 4.69) is 4.98 Å². The van der Waals surface area contributed by atoms with E-state index in [1.807, 2.05) is 0 Å². The van der Waals surface area contributed by atoms with E-state index in [1.165, 1.54) is 7.11 Å². The SMILES string of the molecule is COc1c(N)ncc(C(F)F)c1C=O. The van der Waals surface area contributed by atoms with Crippen molar-refractivity contribution in [2.75, 3.05) is 12.8 Å². The lowest BCUT2D eigenvalue weighted by molar-refractivity contribution is 0.110. The summed E-state index contributed by atoms with van der Waals surface area (Å²) in [5.74, 6) is -0.197. The Balaban J connectivity index is 3.40. The van der Waals surface area contributed by atoms with Gasteiger partial charge in [0.15, 0.2) is 17.9 Å². The van der Waals surface area contributed by atoms with E-state index >= 15 is 0 Å². The highest BCUT2D eigenvalue weighted by Gasteiger charge is 2.19. The van der Waals surface area contributed by atoms with E-state index in [-0.39, 0.29) is 23.4 Å². The number of methoxy groups -OCH3 is 1. The largest absolute Gasteiger partial charge is 0.492 e. The molecule has 4 nitrogen and oxygen atoms in total. The average molecular weight is 202 g/mol. The van der Waals surface area contributed by atoms with Crippen molar-refractivity contribution in [1.82, 2.24) is 4.98 Å². The Bertz CT molecular complexity index is 355. The number of pyridine rings is 1. The van der Waals surface area contributed by atoms with Gasteiger partial charge >= 0.3 is 0 Å². The van der Waals surface area contributed by atoms with E-state index in [9.17, 15) is 13.6 Å². The maximum Gasteiger partial charge on any atom is 0.266 e. The summed E-state index contributed by atoms with van der Waals surface area (Å²) in [6.07, 6.45) is -1.64. The highest BCUT2D eigenvalue weighted by Crippen LogP contribution is 2.31. The first-order chi connectivity index (χ1) is 6.61. The van der Waals surface area contributed by atoms with E-state index in [0.29, 0.717) is 0 Å². The lowest BCUT2D eigenvalue weighted by atomic mass is 10.1. The van der Waals surface area contributed by atoms with Crippen LogP contribution in [0.4, 0.5) is 14.6 Å². The van der Waals surface area contributed by atoms with E-state index in [4.69, 9.17) is 10.5 Å². The molecule has 1 rings (SSSR count). The highest BCUT2D eigenvalue weighted by molar-refractivity contribution is 5.84. The van der Waals surface area contributed by atoms with Crippen molar-refractivity contribution in [3.8, 4) is 5.75 Å². The molecule has 0 saturated heterocycles. The zero-order chi connectivity index (χ0) is 10.7. The number of ether oxygens (including phenoxy) is 1. The summed E-state index contributed by atoms with van der Waals surface area (Å²) in [4.78, 5) is 14.1. The molecule has 0 saturated carbocycles. The Morgan fingerprint density at radius 1 is 1.64 bits per heavy atom. The second kappa shape index (κ2) is 3.99. The molecule has 6 heteroatoms. The summed E-state index contributed by atoms with van der Waals surface area (Å²) in [7, 11) is 1.23. The zero-order valence-electron chi connectivity index (χ0n) is 7.33. The van der Waals surface area contributed by atoms with Gasteiger partial charge in [0.1, 0.15) is 0 Å². The number of anilines is 1. The molecule has 0 aromatic carbocycles. The first-order valence-electron chi connectivity index (χ1n) is 3.67. The van der Waals surface area contributed by atoms with Crippen LogP contribution in [0, 0.1) is 0 Å². The minimum atomic E-state index is -2.78. The van der Waals surface area contributed by atoms with Gasteiger partial charge in [0.05, 0.1) is 18.2 Å². The maximum absolute atomic E-state index is 12.4. The summed E-state index contributed by atoms with van der Waals surface area (Å²) in [5, 5.41) is 0. The zero-order valence-corrected chi connectivity index (χ0v) is 7.33. The van der Waals surface area contributed by atoms with Crippen LogP contribution in [-0.2, 0) is 0 Å². The number of alkyl halides is 2. The molecule has 14 heavy (non-hydrogen) atoms. The minimum Gasteiger partial charge on any atom is -0.492 e. The maximum atomic E-state index is 12.4. The molecule has 0 radical (unpaired) electrons. The van der Waals surface area contributed by atoms with Crippen LogP contribution in [0.5, 0.6) is 5.75 Å². The Kier molecular flexibility index (Phi) is 2.95. The molecule has 1 heterocycles. The van der Waals surface area contributed by atoms with Gasteiger partial charge in [-0.1, -0.05) is 0 Å². The summed E-state index contributed by atoms with van der Waals surface area (Å²) in [6.45, 7) is 0. The van der Waals surface area contributed by atoms with Gasteiger partial charge in [-0.2, -0.15) is 0 Å². The molecule has 0 unspecified atom stereocenters. The van der Waals surface area contributed by atoms with Crippen molar-refractivity contribution in [3.05, 3.63) is 17.3 Å².